The number of aryl methyl sites for hydroxylation is 2. The van der Waals surface area contributed by atoms with Crippen LogP contribution in [0.25, 0.3) is 5.52 Å². The van der Waals surface area contributed by atoms with Crippen molar-refractivity contribution in [3.05, 3.63) is 65.2 Å². The highest BCUT2D eigenvalue weighted by Crippen LogP contribution is 2.22. The summed E-state index contributed by atoms with van der Waals surface area (Å²) in [4.78, 5) is 32.5. The van der Waals surface area contributed by atoms with Crippen LogP contribution in [0.4, 0.5) is 5.69 Å². The number of carbonyl (C=O) groups excluding carboxylic acids is 2. The maximum absolute atomic E-state index is 13.2. The molecule has 0 aliphatic carbocycles. The molecule has 2 amide bonds. The number of likely N-dealkylation sites (tertiary alicyclic amines) is 1. The van der Waals surface area contributed by atoms with Gasteiger partial charge in [-0.15, -0.1) is 0 Å². The molecule has 1 aromatic carbocycles. The second-order valence-corrected chi connectivity index (χ2v) is 7.99. The standard InChI is InChI=1S/C23H26N4O2/c1-15-7-6-11-26(14-15)23(29)20-19-8-4-5-12-27(19)21(25-20)22(28)24-18-10-9-16(2)17(3)13-18/h4-5,8-10,12-13,15H,6-7,11,14H2,1-3H3,(H,24,28). The van der Waals surface area contributed by atoms with Crippen LogP contribution in [0.3, 0.4) is 0 Å². The van der Waals surface area contributed by atoms with Gasteiger partial charge in [0.05, 0.1) is 5.52 Å². The number of hydrogen-bond donors (Lipinski definition) is 1. The van der Waals surface area contributed by atoms with Crippen molar-refractivity contribution in [1.82, 2.24) is 14.3 Å². The molecule has 0 saturated carbocycles. The molecule has 1 fully saturated rings. The molecule has 1 atom stereocenters. The fourth-order valence-electron chi connectivity index (χ4n) is 3.89. The number of rotatable bonds is 3. The maximum atomic E-state index is 13.2. The third kappa shape index (κ3) is 3.75. The minimum atomic E-state index is -0.333. The van der Waals surface area contributed by atoms with E-state index in [2.05, 4.69) is 17.2 Å². The van der Waals surface area contributed by atoms with E-state index in [0.29, 0.717) is 22.8 Å². The molecule has 1 unspecified atom stereocenters. The Bertz CT molecular complexity index is 1090. The third-order valence-electron chi connectivity index (χ3n) is 5.66. The van der Waals surface area contributed by atoms with Crippen molar-refractivity contribution >= 4 is 23.0 Å². The molecule has 1 saturated heterocycles. The summed E-state index contributed by atoms with van der Waals surface area (Å²) in [6.07, 6.45) is 3.91. The SMILES string of the molecule is Cc1ccc(NC(=O)c2nc(C(=O)N3CCCC(C)C3)c3ccccn23)cc1C. The monoisotopic (exact) mass is 390 g/mol. The molecule has 2 aromatic heterocycles. The average molecular weight is 390 g/mol. The van der Waals surface area contributed by atoms with Crippen molar-refractivity contribution < 1.29 is 9.59 Å². The molecule has 6 heteroatoms. The Morgan fingerprint density at radius 1 is 1.14 bits per heavy atom. The predicted octanol–water partition coefficient (Wildman–Crippen LogP) is 4.08. The topological polar surface area (TPSA) is 66.7 Å². The maximum Gasteiger partial charge on any atom is 0.292 e. The van der Waals surface area contributed by atoms with Gasteiger partial charge in [-0.3, -0.25) is 14.0 Å². The second-order valence-electron chi connectivity index (χ2n) is 7.99. The van der Waals surface area contributed by atoms with E-state index in [0.717, 1.165) is 37.1 Å². The number of fused-ring (bicyclic) bond motifs is 1. The van der Waals surface area contributed by atoms with Crippen molar-refractivity contribution in [2.45, 2.75) is 33.6 Å². The lowest BCUT2D eigenvalue weighted by atomic mass is 10.00. The van der Waals surface area contributed by atoms with Gasteiger partial charge in [0.1, 0.15) is 0 Å². The van der Waals surface area contributed by atoms with Crippen molar-refractivity contribution in [3.8, 4) is 0 Å². The molecular formula is C23H26N4O2. The molecule has 1 aliphatic heterocycles. The van der Waals surface area contributed by atoms with Gasteiger partial charge in [-0.25, -0.2) is 4.98 Å². The highest BCUT2D eigenvalue weighted by Gasteiger charge is 2.27. The van der Waals surface area contributed by atoms with Gasteiger partial charge >= 0.3 is 0 Å². The molecule has 29 heavy (non-hydrogen) atoms. The number of hydrogen-bond acceptors (Lipinski definition) is 3. The van der Waals surface area contributed by atoms with E-state index < -0.39 is 0 Å². The molecule has 1 N–H and O–H groups in total. The molecule has 3 aromatic rings. The average Bonchev–Trinajstić information content (AvgIpc) is 3.10. The Morgan fingerprint density at radius 2 is 1.97 bits per heavy atom. The van der Waals surface area contributed by atoms with Crippen LogP contribution in [-0.4, -0.2) is 39.2 Å². The fraction of sp³-hybridized carbons (Fsp3) is 0.348. The van der Waals surface area contributed by atoms with Crippen molar-refractivity contribution in [1.29, 1.82) is 0 Å². The third-order valence-corrected chi connectivity index (χ3v) is 5.66. The van der Waals surface area contributed by atoms with E-state index >= 15 is 0 Å². The molecule has 0 bridgehead atoms. The number of aromatic nitrogens is 2. The first-order valence-electron chi connectivity index (χ1n) is 10.1. The van der Waals surface area contributed by atoms with Gasteiger partial charge in [-0.05, 0) is 68.0 Å². The summed E-state index contributed by atoms with van der Waals surface area (Å²) in [6.45, 7) is 7.66. The Hall–Kier alpha value is -3.15. The summed E-state index contributed by atoms with van der Waals surface area (Å²) in [6, 6.07) is 11.3. The zero-order valence-electron chi connectivity index (χ0n) is 17.1. The summed E-state index contributed by atoms with van der Waals surface area (Å²) in [5.74, 6) is 0.257. The zero-order chi connectivity index (χ0) is 20.5. The fourth-order valence-corrected chi connectivity index (χ4v) is 3.89. The van der Waals surface area contributed by atoms with Gasteiger partial charge < -0.3 is 10.2 Å². The van der Waals surface area contributed by atoms with Gasteiger partial charge in [0, 0.05) is 25.0 Å². The normalized spacial score (nSPS) is 16.8. The first-order chi connectivity index (χ1) is 13.9. The predicted molar refractivity (Wildman–Crippen MR) is 113 cm³/mol. The highest BCUT2D eigenvalue weighted by atomic mass is 16.2. The number of carbonyl (C=O) groups is 2. The number of imidazole rings is 1. The van der Waals surface area contributed by atoms with Crippen molar-refractivity contribution in [2.24, 2.45) is 5.92 Å². The van der Waals surface area contributed by atoms with Crippen LogP contribution in [0, 0.1) is 19.8 Å². The van der Waals surface area contributed by atoms with E-state index in [9.17, 15) is 9.59 Å². The molecule has 150 valence electrons. The Balaban J connectivity index is 1.67. The zero-order valence-corrected chi connectivity index (χ0v) is 17.1. The Morgan fingerprint density at radius 3 is 2.72 bits per heavy atom. The van der Waals surface area contributed by atoms with Crippen LogP contribution in [-0.2, 0) is 0 Å². The van der Waals surface area contributed by atoms with Crippen LogP contribution in [0.15, 0.2) is 42.6 Å². The summed E-state index contributed by atoms with van der Waals surface area (Å²) in [5, 5.41) is 2.91. The van der Waals surface area contributed by atoms with Crippen LogP contribution in [0.2, 0.25) is 0 Å². The minimum Gasteiger partial charge on any atom is -0.337 e. The number of benzene rings is 1. The summed E-state index contributed by atoms with van der Waals surface area (Å²) in [7, 11) is 0. The largest absolute Gasteiger partial charge is 0.337 e. The first kappa shape index (κ1) is 19.2. The lowest BCUT2D eigenvalue weighted by molar-refractivity contribution is 0.0679. The van der Waals surface area contributed by atoms with Crippen molar-refractivity contribution in [2.75, 3.05) is 18.4 Å². The van der Waals surface area contributed by atoms with Crippen LogP contribution >= 0.6 is 0 Å². The lowest BCUT2D eigenvalue weighted by Crippen LogP contribution is -2.39. The van der Waals surface area contributed by atoms with E-state index in [1.165, 1.54) is 0 Å². The lowest BCUT2D eigenvalue weighted by Gasteiger charge is -2.30. The molecular weight excluding hydrogens is 364 g/mol. The molecule has 0 radical (unpaired) electrons. The number of piperidine rings is 1. The van der Waals surface area contributed by atoms with Gasteiger partial charge in [-0.1, -0.05) is 19.1 Å². The van der Waals surface area contributed by atoms with E-state index in [-0.39, 0.29) is 17.6 Å². The summed E-state index contributed by atoms with van der Waals surface area (Å²) < 4.78 is 1.69. The highest BCUT2D eigenvalue weighted by molar-refractivity contribution is 6.06. The summed E-state index contributed by atoms with van der Waals surface area (Å²) >= 11 is 0. The smallest absolute Gasteiger partial charge is 0.292 e. The molecule has 0 spiro atoms. The van der Waals surface area contributed by atoms with E-state index in [1.807, 2.05) is 55.1 Å². The van der Waals surface area contributed by atoms with Gasteiger partial charge in [0.25, 0.3) is 11.8 Å². The molecule has 3 heterocycles. The van der Waals surface area contributed by atoms with E-state index in [4.69, 9.17) is 0 Å². The molecule has 6 nitrogen and oxygen atoms in total. The van der Waals surface area contributed by atoms with Crippen molar-refractivity contribution in [3.63, 3.8) is 0 Å². The number of nitrogens with one attached hydrogen (secondary N) is 1. The van der Waals surface area contributed by atoms with Gasteiger partial charge in [0.15, 0.2) is 5.69 Å². The molecule has 4 rings (SSSR count). The number of anilines is 1. The molecule has 1 aliphatic rings. The second kappa shape index (κ2) is 7.70. The Labute approximate surface area is 170 Å². The van der Waals surface area contributed by atoms with Crippen LogP contribution in [0.5, 0.6) is 0 Å². The van der Waals surface area contributed by atoms with E-state index in [1.54, 1.807) is 10.6 Å². The quantitative estimate of drug-likeness (QED) is 0.733. The summed E-state index contributed by atoms with van der Waals surface area (Å²) in [5.41, 5.74) is 3.97. The van der Waals surface area contributed by atoms with Crippen LogP contribution < -0.4 is 5.32 Å². The Kier molecular flexibility index (Phi) is 5.09. The number of amides is 2. The number of pyridine rings is 1. The van der Waals surface area contributed by atoms with Gasteiger partial charge in [0.2, 0.25) is 5.82 Å². The van der Waals surface area contributed by atoms with Crippen LogP contribution in [0.1, 0.15) is 52.0 Å². The van der Waals surface area contributed by atoms with Gasteiger partial charge in [-0.2, -0.15) is 0 Å². The number of nitrogens with zero attached hydrogens (tertiary/aromatic N) is 3. The minimum absolute atomic E-state index is 0.106. The first-order valence-corrected chi connectivity index (χ1v) is 10.1.